The SMILES string of the molecule is CC(=N)/C=C(\N)C(=O)O. The molecule has 0 rings (SSSR count). The minimum absolute atomic E-state index is 0.134. The fourth-order valence-corrected chi connectivity index (χ4v) is 0.295. The van der Waals surface area contributed by atoms with Gasteiger partial charge in [-0.25, -0.2) is 4.79 Å². The molecule has 0 fully saturated rings. The summed E-state index contributed by atoms with van der Waals surface area (Å²) in [6.07, 6.45) is 1.09. The van der Waals surface area contributed by atoms with Crippen LogP contribution in [0, 0.1) is 5.41 Å². The van der Waals surface area contributed by atoms with Crippen molar-refractivity contribution in [2.24, 2.45) is 5.73 Å². The number of hydrogen-bond acceptors (Lipinski definition) is 3. The van der Waals surface area contributed by atoms with Crippen LogP contribution < -0.4 is 5.73 Å². The highest BCUT2D eigenvalue weighted by atomic mass is 16.4. The first-order valence-electron chi connectivity index (χ1n) is 2.29. The summed E-state index contributed by atoms with van der Waals surface area (Å²) < 4.78 is 0. The van der Waals surface area contributed by atoms with Crippen LogP contribution in [-0.4, -0.2) is 16.8 Å². The van der Waals surface area contributed by atoms with Gasteiger partial charge in [-0.3, -0.25) is 0 Å². The number of nitrogens with two attached hydrogens (primary N) is 1. The maximum atomic E-state index is 9.94. The first-order chi connectivity index (χ1) is 4.04. The second-order valence-electron chi connectivity index (χ2n) is 1.59. The maximum Gasteiger partial charge on any atom is 0.351 e. The molecule has 9 heavy (non-hydrogen) atoms. The molecule has 50 valence electrons. The molecule has 0 aliphatic carbocycles. The van der Waals surface area contributed by atoms with E-state index >= 15 is 0 Å². The zero-order chi connectivity index (χ0) is 7.44. The van der Waals surface area contributed by atoms with Gasteiger partial charge in [0.25, 0.3) is 0 Å². The molecule has 0 saturated heterocycles. The second-order valence-corrected chi connectivity index (χ2v) is 1.59. The second kappa shape index (κ2) is 2.86. The van der Waals surface area contributed by atoms with Crippen LogP contribution in [0.1, 0.15) is 6.92 Å². The number of hydrogen-bond donors (Lipinski definition) is 3. The largest absolute Gasteiger partial charge is 0.477 e. The van der Waals surface area contributed by atoms with E-state index < -0.39 is 5.97 Å². The number of carboxylic acid groups (broad SMARTS) is 1. The van der Waals surface area contributed by atoms with E-state index in [1.54, 1.807) is 0 Å². The Morgan fingerprint density at radius 2 is 2.22 bits per heavy atom. The molecule has 4 heteroatoms. The highest BCUT2D eigenvalue weighted by Gasteiger charge is 1.98. The predicted octanol–water partition coefficient (Wildman–Crippen LogP) is -0.0467. The Labute approximate surface area is 52.5 Å². The molecular weight excluding hydrogens is 120 g/mol. The molecule has 0 atom stereocenters. The van der Waals surface area contributed by atoms with E-state index in [9.17, 15) is 4.79 Å². The summed E-state index contributed by atoms with van der Waals surface area (Å²) in [5, 5.41) is 14.9. The van der Waals surface area contributed by atoms with Gasteiger partial charge in [-0.05, 0) is 13.0 Å². The molecule has 0 amide bonds. The minimum atomic E-state index is -1.19. The maximum absolute atomic E-state index is 9.94. The van der Waals surface area contributed by atoms with Gasteiger partial charge in [-0.1, -0.05) is 0 Å². The van der Waals surface area contributed by atoms with Gasteiger partial charge in [0.15, 0.2) is 0 Å². The molecule has 0 spiro atoms. The molecule has 0 unspecified atom stereocenters. The predicted molar refractivity (Wildman–Crippen MR) is 33.3 cm³/mol. The molecule has 0 aromatic heterocycles. The molecule has 0 heterocycles. The van der Waals surface area contributed by atoms with Crippen molar-refractivity contribution in [1.29, 1.82) is 5.41 Å². The van der Waals surface area contributed by atoms with E-state index in [-0.39, 0.29) is 11.4 Å². The van der Waals surface area contributed by atoms with Gasteiger partial charge in [-0.2, -0.15) is 0 Å². The van der Waals surface area contributed by atoms with E-state index in [1.165, 1.54) is 6.92 Å². The zero-order valence-electron chi connectivity index (χ0n) is 5.01. The molecule has 0 aromatic carbocycles. The molecule has 0 aromatic rings. The third kappa shape index (κ3) is 3.28. The van der Waals surface area contributed by atoms with Gasteiger partial charge >= 0.3 is 5.97 Å². The Balaban J connectivity index is 4.17. The summed E-state index contributed by atoms with van der Waals surface area (Å²) >= 11 is 0. The van der Waals surface area contributed by atoms with Crippen molar-refractivity contribution in [2.45, 2.75) is 6.92 Å². The van der Waals surface area contributed by atoms with Gasteiger partial charge in [0.1, 0.15) is 5.70 Å². The number of carbonyl (C=O) groups is 1. The quantitative estimate of drug-likeness (QED) is 0.360. The monoisotopic (exact) mass is 128 g/mol. The topological polar surface area (TPSA) is 87.2 Å². The Bertz CT molecular complexity index is 172. The van der Waals surface area contributed by atoms with Gasteiger partial charge in [0.05, 0.1) is 0 Å². The van der Waals surface area contributed by atoms with Crippen LogP contribution in [0.3, 0.4) is 0 Å². The van der Waals surface area contributed by atoms with Crippen LogP contribution in [0.25, 0.3) is 0 Å². The van der Waals surface area contributed by atoms with Crippen LogP contribution in [0.5, 0.6) is 0 Å². The minimum Gasteiger partial charge on any atom is -0.477 e. The van der Waals surface area contributed by atoms with Gasteiger partial charge < -0.3 is 16.2 Å². The van der Waals surface area contributed by atoms with Gasteiger partial charge in [0.2, 0.25) is 0 Å². The third-order valence-corrected chi connectivity index (χ3v) is 0.619. The number of nitrogens with one attached hydrogen (secondary N) is 1. The lowest BCUT2D eigenvalue weighted by Crippen LogP contribution is -2.10. The van der Waals surface area contributed by atoms with Crippen molar-refractivity contribution in [2.75, 3.05) is 0 Å². The molecule has 0 aliphatic rings. The number of allylic oxidation sites excluding steroid dienone is 1. The molecule has 0 bridgehead atoms. The fourth-order valence-electron chi connectivity index (χ4n) is 0.295. The molecule has 0 aliphatic heterocycles. The molecule has 0 radical (unpaired) electrons. The van der Waals surface area contributed by atoms with Crippen molar-refractivity contribution >= 4 is 11.7 Å². The molecule has 0 saturated carbocycles. The third-order valence-electron chi connectivity index (χ3n) is 0.619. The lowest BCUT2D eigenvalue weighted by atomic mass is 10.3. The average Bonchev–Trinajstić information content (AvgIpc) is 1.63. The summed E-state index contributed by atoms with van der Waals surface area (Å²) in [5.74, 6) is -1.19. The summed E-state index contributed by atoms with van der Waals surface area (Å²) in [6.45, 7) is 1.45. The lowest BCUT2D eigenvalue weighted by Gasteiger charge is -1.89. The van der Waals surface area contributed by atoms with Crippen molar-refractivity contribution in [3.63, 3.8) is 0 Å². The standard InChI is InChI=1S/C5H8N2O2/c1-3(6)2-4(7)5(8)9/h2,6H,7H2,1H3,(H,8,9)/b4-2-,6-3?. The molecular formula is C5H8N2O2. The average molecular weight is 128 g/mol. The number of rotatable bonds is 2. The smallest absolute Gasteiger partial charge is 0.351 e. The Morgan fingerprint density at radius 1 is 1.78 bits per heavy atom. The number of carboxylic acids is 1. The lowest BCUT2D eigenvalue weighted by molar-refractivity contribution is -0.132. The summed E-state index contributed by atoms with van der Waals surface area (Å²) in [4.78, 5) is 9.94. The van der Waals surface area contributed by atoms with Crippen molar-refractivity contribution < 1.29 is 9.90 Å². The van der Waals surface area contributed by atoms with E-state index in [0.717, 1.165) is 6.08 Å². The van der Waals surface area contributed by atoms with Gasteiger partial charge in [-0.15, -0.1) is 0 Å². The van der Waals surface area contributed by atoms with Crippen LogP contribution >= 0.6 is 0 Å². The summed E-state index contributed by atoms with van der Waals surface area (Å²) in [5.41, 5.74) is 4.77. The van der Waals surface area contributed by atoms with E-state index in [0.29, 0.717) is 0 Å². The van der Waals surface area contributed by atoms with Crippen LogP contribution in [0.2, 0.25) is 0 Å². The highest BCUT2D eigenvalue weighted by Crippen LogP contribution is 1.83. The molecule has 4 N–H and O–H groups in total. The van der Waals surface area contributed by atoms with Crippen LogP contribution in [0.4, 0.5) is 0 Å². The van der Waals surface area contributed by atoms with Gasteiger partial charge in [0, 0.05) is 5.71 Å². The van der Waals surface area contributed by atoms with Crippen LogP contribution in [-0.2, 0) is 4.79 Å². The van der Waals surface area contributed by atoms with Crippen molar-refractivity contribution in [3.8, 4) is 0 Å². The van der Waals surface area contributed by atoms with Crippen LogP contribution in [0.15, 0.2) is 11.8 Å². The molecule has 4 nitrogen and oxygen atoms in total. The normalized spacial score (nSPS) is 11.0. The Hall–Kier alpha value is -1.32. The van der Waals surface area contributed by atoms with Crippen molar-refractivity contribution in [3.05, 3.63) is 11.8 Å². The van der Waals surface area contributed by atoms with E-state index in [1.807, 2.05) is 0 Å². The Kier molecular flexibility index (Phi) is 2.44. The highest BCUT2D eigenvalue weighted by molar-refractivity contribution is 5.98. The van der Waals surface area contributed by atoms with E-state index in [4.69, 9.17) is 16.2 Å². The van der Waals surface area contributed by atoms with E-state index in [2.05, 4.69) is 0 Å². The first kappa shape index (κ1) is 7.68. The summed E-state index contributed by atoms with van der Waals surface area (Å²) in [7, 11) is 0. The number of aliphatic carboxylic acids is 1. The zero-order valence-corrected chi connectivity index (χ0v) is 5.01. The summed E-state index contributed by atoms with van der Waals surface area (Å²) in [6, 6.07) is 0. The fraction of sp³-hybridized carbons (Fsp3) is 0.200. The Morgan fingerprint density at radius 3 is 2.33 bits per heavy atom. The van der Waals surface area contributed by atoms with Crippen molar-refractivity contribution in [1.82, 2.24) is 0 Å². The first-order valence-corrected chi connectivity index (χ1v) is 2.29.